The molecule has 0 aliphatic rings. The molecule has 2 unspecified atom stereocenters. The average molecular weight is 170 g/mol. The third-order valence-corrected chi connectivity index (χ3v) is 1.54. The zero-order valence-corrected chi connectivity index (χ0v) is 6.91. The van der Waals surface area contributed by atoms with Crippen LogP contribution < -0.4 is 0 Å². The standard InChI is InChI=1S/C4H10O3S2/c1-3(5)8-7-9-4(2)6/h3-6H,1-2H3. The molecular weight excluding hydrogens is 160 g/mol. The summed E-state index contributed by atoms with van der Waals surface area (Å²) in [4.78, 5) is 0. The van der Waals surface area contributed by atoms with E-state index in [1.807, 2.05) is 0 Å². The van der Waals surface area contributed by atoms with E-state index in [0.717, 1.165) is 24.1 Å². The second-order valence-corrected chi connectivity index (χ2v) is 3.75. The van der Waals surface area contributed by atoms with E-state index >= 15 is 0 Å². The van der Waals surface area contributed by atoms with Gasteiger partial charge in [-0.1, -0.05) is 0 Å². The molecule has 56 valence electrons. The number of aliphatic hydroxyl groups is 2. The highest BCUT2D eigenvalue weighted by Gasteiger charge is 1.99. The maximum atomic E-state index is 8.61. The van der Waals surface area contributed by atoms with Gasteiger partial charge in [-0.3, -0.25) is 0 Å². The fourth-order valence-electron chi connectivity index (χ4n) is 0.136. The van der Waals surface area contributed by atoms with Crippen LogP contribution in [0.3, 0.4) is 0 Å². The van der Waals surface area contributed by atoms with Crippen molar-refractivity contribution < 1.29 is 13.8 Å². The van der Waals surface area contributed by atoms with Crippen molar-refractivity contribution in [2.75, 3.05) is 0 Å². The van der Waals surface area contributed by atoms with Crippen LogP contribution in [0.4, 0.5) is 0 Å². The van der Waals surface area contributed by atoms with Gasteiger partial charge < -0.3 is 10.2 Å². The van der Waals surface area contributed by atoms with E-state index in [9.17, 15) is 0 Å². The minimum absolute atomic E-state index is 0.545. The number of hydrogen-bond acceptors (Lipinski definition) is 5. The Balaban J connectivity index is 2.91. The van der Waals surface area contributed by atoms with Gasteiger partial charge in [0.25, 0.3) is 0 Å². The number of rotatable bonds is 4. The van der Waals surface area contributed by atoms with Gasteiger partial charge in [0, 0.05) is 24.1 Å². The van der Waals surface area contributed by atoms with Gasteiger partial charge >= 0.3 is 0 Å². The summed E-state index contributed by atoms with van der Waals surface area (Å²) in [5.74, 6) is 0. The third kappa shape index (κ3) is 8.58. The SMILES string of the molecule is CC(O)SOSC(C)O. The molecule has 0 radical (unpaired) electrons. The molecule has 0 saturated heterocycles. The zero-order valence-electron chi connectivity index (χ0n) is 5.27. The van der Waals surface area contributed by atoms with Gasteiger partial charge in [-0.05, 0) is 13.8 Å². The van der Waals surface area contributed by atoms with E-state index in [0.29, 0.717) is 0 Å². The maximum Gasteiger partial charge on any atom is 0.123 e. The van der Waals surface area contributed by atoms with Gasteiger partial charge in [0.05, 0.1) is 0 Å². The van der Waals surface area contributed by atoms with E-state index in [2.05, 4.69) is 3.63 Å². The van der Waals surface area contributed by atoms with Crippen molar-refractivity contribution in [3.63, 3.8) is 0 Å². The third-order valence-electron chi connectivity index (χ3n) is 0.357. The van der Waals surface area contributed by atoms with Crippen LogP contribution in [0, 0.1) is 0 Å². The Morgan fingerprint density at radius 3 is 1.67 bits per heavy atom. The molecule has 5 heteroatoms. The van der Waals surface area contributed by atoms with Crippen molar-refractivity contribution in [1.82, 2.24) is 0 Å². The predicted octanol–water partition coefficient (Wildman–Crippen LogP) is 0.976. The predicted molar refractivity (Wildman–Crippen MR) is 39.6 cm³/mol. The van der Waals surface area contributed by atoms with Crippen molar-refractivity contribution in [3.05, 3.63) is 0 Å². The molecule has 0 bridgehead atoms. The normalized spacial score (nSPS) is 17.3. The topological polar surface area (TPSA) is 49.7 Å². The van der Waals surface area contributed by atoms with Gasteiger partial charge in [0.2, 0.25) is 0 Å². The summed E-state index contributed by atoms with van der Waals surface area (Å²) in [5.41, 5.74) is -1.09. The average Bonchev–Trinajstić information content (AvgIpc) is 1.63. The molecule has 0 aromatic heterocycles. The summed E-state index contributed by atoms with van der Waals surface area (Å²) in [6.07, 6.45) is 0. The van der Waals surface area contributed by atoms with Crippen molar-refractivity contribution in [1.29, 1.82) is 0 Å². The van der Waals surface area contributed by atoms with Crippen LogP contribution in [0.25, 0.3) is 0 Å². The molecule has 0 aromatic carbocycles. The minimum atomic E-state index is -0.545. The van der Waals surface area contributed by atoms with Crippen molar-refractivity contribution >= 4 is 24.1 Å². The molecule has 9 heavy (non-hydrogen) atoms. The molecule has 0 fully saturated rings. The van der Waals surface area contributed by atoms with Gasteiger partial charge in [-0.15, -0.1) is 0 Å². The summed E-state index contributed by atoms with van der Waals surface area (Å²) in [6, 6.07) is 0. The van der Waals surface area contributed by atoms with E-state index in [-0.39, 0.29) is 0 Å². The van der Waals surface area contributed by atoms with Crippen LogP contribution >= 0.6 is 24.1 Å². The smallest absolute Gasteiger partial charge is 0.123 e. The lowest BCUT2D eigenvalue weighted by atomic mass is 10.9. The first-order valence-electron chi connectivity index (χ1n) is 2.48. The van der Waals surface area contributed by atoms with E-state index < -0.39 is 10.9 Å². The van der Waals surface area contributed by atoms with Crippen LogP contribution in [-0.2, 0) is 3.63 Å². The molecule has 0 amide bonds. The van der Waals surface area contributed by atoms with Crippen molar-refractivity contribution in [3.8, 4) is 0 Å². The quantitative estimate of drug-likeness (QED) is 0.486. The first-order chi connectivity index (χ1) is 4.13. The largest absolute Gasteiger partial charge is 0.380 e. The van der Waals surface area contributed by atoms with Gasteiger partial charge in [0.15, 0.2) is 0 Å². The molecule has 0 aliphatic heterocycles. The molecule has 3 nitrogen and oxygen atoms in total. The van der Waals surface area contributed by atoms with Crippen LogP contribution in [0.1, 0.15) is 13.8 Å². The summed E-state index contributed by atoms with van der Waals surface area (Å²) >= 11 is 1.84. The zero-order chi connectivity index (χ0) is 7.28. The highest BCUT2D eigenvalue weighted by Crippen LogP contribution is 2.20. The lowest BCUT2D eigenvalue weighted by Crippen LogP contribution is -1.94. The molecule has 0 rings (SSSR count). The van der Waals surface area contributed by atoms with Crippen molar-refractivity contribution in [2.45, 2.75) is 24.7 Å². The van der Waals surface area contributed by atoms with Gasteiger partial charge in [-0.25, -0.2) is 3.63 Å². The Morgan fingerprint density at radius 2 is 1.44 bits per heavy atom. The second kappa shape index (κ2) is 5.37. The molecular formula is C4H10O3S2. The summed E-state index contributed by atoms with van der Waals surface area (Å²) < 4.78 is 4.69. The Hall–Kier alpha value is 0.580. The van der Waals surface area contributed by atoms with E-state index in [4.69, 9.17) is 10.2 Å². The lowest BCUT2D eigenvalue weighted by Gasteiger charge is -2.03. The Bertz CT molecular complexity index is 58.8. The summed E-state index contributed by atoms with van der Waals surface area (Å²) in [7, 11) is 0. The van der Waals surface area contributed by atoms with E-state index in [1.165, 1.54) is 0 Å². The molecule has 0 spiro atoms. The first-order valence-corrected chi connectivity index (χ1v) is 4.09. The highest BCUT2D eigenvalue weighted by molar-refractivity contribution is 8.08. The highest BCUT2D eigenvalue weighted by atomic mass is 32.2. The minimum Gasteiger partial charge on any atom is -0.380 e. The van der Waals surface area contributed by atoms with Crippen LogP contribution in [0.5, 0.6) is 0 Å². The summed E-state index contributed by atoms with van der Waals surface area (Å²) in [5, 5.41) is 17.2. The Morgan fingerprint density at radius 1 is 1.11 bits per heavy atom. The lowest BCUT2D eigenvalue weighted by molar-refractivity contribution is 0.271. The van der Waals surface area contributed by atoms with Crippen LogP contribution in [0.2, 0.25) is 0 Å². The Kier molecular flexibility index (Phi) is 5.72. The maximum absolute atomic E-state index is 8.61. The van der Waals surface area contributed by atoms with Crippen LogP contribution in [0.15, 0.2) is 0 Å². The number of aliphatic hydroxyl groups excluding tert-OH is 2. The molecule has 0 aliphatic carbocycles. The van der Waals surface area contributed by atoms with Gasteiger partial charge in [0.1, 0.15) is 10.9 Å². The molecule has 0 saturated carbocycles. The second-order valence-electron chi connectivity index (χ2n) is 1.46. The fourth-order valence-corrected chi connectivity index (χ4v) is 1.23. The molecule has 0 aromatic rings. The van der Waals surface area contributed by atoms with Crippen molar-refractivity contribution in [2.24, 2.45) is 0 Å². The van der Waals surface area contributed by atoms with E-state index in [1.54, 1.807) is 13.8 Å². The molecule has 2 N–H and O–H groups in total. The van der Waals surface area contributed by atoms with Gasteiger partial charge in [-0.2, -0.15) is 0 Å². The van der Waals surface area contributed by atoms with Crippen LogP contribution in [-0.4, -0.2) is 21.1 Å². The first kappa shape index (κ1) is 9.58. The Labute approximate surface area is 63.2 Å². The fraction of sp³-hybridized carbons (Fsp3) is 1.00. The molecule has 2 atom stereocenters. The number of hydrogen-bond donors (Lipinski definition) is 2. The molecule has 0 heterocycles. The monoisotopic (exact) mass is 170 g/mol. The summed E-state index contributed by atoms with van der Waals surface area (Å²) in [6.45, 7) is 3.18.